The van der Waals surface area contributed by atoms with Crippen molar-refractivity contribution in [2.75, 3.05) is 0 Å². The fourth-order valence-electron chi connectivity index (χ4n) is 0.700. The number of hydrogen-bond donors (Lipinski definition) is 1. The van der Waals surface area contributed by atoms with E-state index in [4.69, 9.17) is 5.11 Å². The molecule has 0 aliphatic rings. The average Bonchev–Trinajstić information content (AvgIpc) is 1.94. The molecule has 0 spiro atoms. The van der Waals surface area contributed by atoms with Crippen molar-refractivity contribution in [1.29, 1.82) is 0 Å². The fourth-order valence-corrected chi connectivity index (χ4v) is 1.22. The zero-order valence-electron chi connectivity index (χ0n) is 5.39. The second kappa shape index (κ2) is 3.34. The summed E-state index contributed by atoms with van der Waals surface area (Å²) in [5, 5.41) is 8.92. The standard InChI is InChI=1S/C7H5F2IO/c8-7(9)5-3-4(10)1-2-6(5)11/h1-3,7,11H. The van der Waals surface area contributed by atoms with Crippen LogP contribution in [0.25, 0.3) is 0 Å². The summed E-state index contributed by atoms with van der Waals surface area (Å²) in [5.74, 6) is -0.347. The number of phenols is 1. The number of benzene rings is 1. The summed E-state index contributed by atoms with van der Waals surface area (Å²) in [7, 11) is 0. The highest BCUT2D eigenvalue weighted by Gasteiger charge is 2.11. The van der Waals surface area contributed by atoms with Crippen LogP contribution in [0.1, 0.15) is 12.0 Å². The average molecular weight is 270 g/mol. The summed E-state index contributed by atoms with van der Waals surface area (Å²) in [6.07, 6.45) is -2.61. The molecule has 1 N–H and O–H groups in total. The number of rotatable bonds is 1. The number of aromatic hydroxyl groups is 1. The van der Waals surface area contributed by atoms with Gasteiger partial charge in [0.25, 0.3) is 6.43 Å². The SMILES string of the molecule is Oc1ccc(I)cc1C(F)F. The molecule has 0 unspecified atom stereocenters. The Morgan fingerprint density at radius 1 is 1.36 bits per heavy atom. The Morgan fingerprint density at radius 2 is 2.00 bits per heavy atom. The van der Waals surface area contributed by atoms with Crippen LogP contribution in [0.3, 0.4) is 0 Å². The van der Waals surface area contributed by atoms with Gasteiger partial charge in [-0.15, -0.1) is 0 Å². The Balaban J connectivity index is 3.13. The van der Waals surface area contributed by atoms with Gasteiger partial charge in [0, 0.05) is 3.57 Å². The van der Waals surface area contributed by atoms with Crippen LogP contribution in [0.2, 0.25) is 0 Å². The van der Waals surface area contributed by atoms with Gasteiger partial charge in [-0.25, -0.2) is 8.78 Å². The molecular weight excluding hydrogens is 265 g/mol. The molecular formula is C7H5F2IO. The van der Waals surface area contributed by atoms with Crippen molar-refractivity contribution in [1.82, 2.24) is 0 Å². The number of phenolic OH excluding ortho intramolecular Hbond substituents is 1. The molecule has 0 aliphatic heterocycles. The van der Waals surface area contributed by atoms with E-state index in [9.17, 15) is 8.78 Å². The molecule has 1 aromatic rings. The lowest BCUT2D eigenvalue weighted by Gasteiger charge is -2.02. The van der Waals surface area contributed by atoms with Gasteiger partial charge >= 0.3 is 0 Å². The van der Waals surface area contributed by atoms with Crippen LogP contribution in [-0.4, -0.2) is 5.11 Å². The minimum atomic E-state index is -2.61. The molecule has 0 amide bonds. The van der Waals surface area contributed by atoms with Gasteiger partial charge in [0.05, 0.1) is 5.56 Å². The predicted octanol–water partition coefficient (Wildman–Crippen LogP) is 2.93. The van der Waals surface area contributed by atoms with E-state index >= 15 is 0 Å². The molecule has 0 fully saturated rings. The van der Waals surface area contributed by atoms with Gasteiger partial charge in [0.1, 0.15) is 5.75 Å². The molecule has 1 aromatic carbocycles. The number of halogens is 3. The molecule has 4 heteroatoms. The second-order valence-electron chi connectivity index (χ2n) is 2.00. The Labute approximate surface area is 76.2 Å². The molecule has 1 nitrogen and oxygen atoms in total. The van der Waals surface area contributed by atoms with Gasteiger partial charge in [0.15, 0.2) is 0 Å². The van der Waals surface area contributed by atoms with Crippen LogP contribution in [0.5, 0.6) is 5.75 Å². The van der Waals surface area contributed by atoms with Crippen molar-refractivity contribution in [2.24, 2.45) is 0 Å². The molecule has 11 heavy (non-hydrogen) atoms. The first kappa shape index (κ1) is 8.70. The van der Waals surface area contributed by atoms with Crippen LogP contribution in [0.4, 0.5) is 8.78 Å². The first-order chi connectivity index (χ1) is 5.11. The summed E-state index contributed by atoms with van der Waals surface area (Å²) >= 11 is 1.91. The second-order valence-corrected chi connectivity index (χ2v) is 3.25. The lowest BCUT2D eigenvalue weighted by atomic mass is 10.2. The lowest BCUT2D eigenvalue weighted by molar-refractivity contribution is 0.147. The summed E-state index contributed by atoms with van der Waals surface area (Å²) in [6.45, 7) is 0. The van der Waals surface area contributed by atoms with Gasteiger partial charge in [-0.1, -0.05) is 0 Å². The van der Waals surface area contributed by atoms with Gasteiger partial charge in [-0.3, -0.25) is 0 Å². The van der Waals surface area contributed by atoms with Gasteiger partial charge in [-0.05, 0) is 40.8 Å². The summed E-state index contributed by atoms with van der Waals surface area (Å²) in [4.78, 5) is 0. The van der Waals surface area contributed by atoms with E-state index in [1.54, 1.807) is 6.07 Å². The van der Waals surface area contributed by atoms with E-state index < -0.39 is 6.43 Å². The Bertz CT molecular complexity index is 263. The summed E-state index contributed by atoms with van der Waals surface area (Å²) in [5.41, 5.74) is -0.308. The molecule has 0 atom stereocenters. The normalized spacial score (nSPS) is 10.5. The predicted molar refractivity (Wildman–Crippen MR) is 45.8 cm³/mol. The highest BCUT2D eigenvalue weighted by atomic mass is 127. The maximum absolute atomic E-state index is 12.0. The van der Waals surface area contributed by atoms with Crippen molar-refractivity contribution in [3.63, 3.8) is 0 Å². The number of hydrogen-bond acceptors (Lipinski definition) is 1. The molecule has 0 aliphatic carbocycles. The lowest BCUT2D eigenvalue weighted by Crippen LogP contribution is -1.85. The molecule has 1 rings (SSSR count). The van der Waals surface area contributed by atoms with Crippen LogP contribution >= 0.6 is 22.6 Å². The topological polar surface area (TPSA) is 20.2 Å². The molecule has 0 saturated carbocycles. The molecule has 0 radical (unpaired) electrons. The smallest absolute Gasteiger partial charge is 0.267 e. The van der Waals surface area contributed by atoms with Gasteiger partial charge < -0.3 is 5.11 Å². The van der Waals surface area contributed by atoms with Crippen LogP contribution in [-0.2, 0) is 0 Å². The minimum Gasteiger partial charge on any atom is -0.507 e. The molecule has 0 aromatic heterocycles. The Kier molecular flexibility index (Phi) is 2.64. The zero-order chi connectivity index (χ0) is 8.43. The summed E-state index contributed by atoms with van der Waals surface area (Å²) in [6, 6.07) is 4.10. The maximum atomic E-state index is 12.0. The molecule has 60 valence electrons. The molecule has 0 bridgehead atoms. The van der Waals surface area contributed by atoms with Crippen LogP contribution in [0, 0.1) is 3.57 Å². The number of alkyl halides is 2. The third-order valence-electron chi connectivity index (χ3n) is 1.22. The van der Waals surface area contributed by atoms with Crippen molar-refractivity contribution >= 4 is 22.6 Å². The quantitative estimate of drug-likeness (QED) is 0.778. The third kappa shape index (κ3) is 2.02. The van der Waals surface area contributed by atoms with E-state index in [1.165, 1.54) is 12.1 Å². The van der Waals surface area contributed by atoms with Crippen molar-refractivity contribution in [2.45, 2.75) is 6.43 Å². The van der Waals surface area contributed by atoms with E-state index in [2.05, 4.69) is 0 Å². The van der Waals surface area contributed by atoms with E-state index in [0.717, 1.165) is 0 Å². The molecule has 0 saturated heterocycles. The molecule has 0 heterocycles. The first-order valence-corrected chi connectivity index (χ1v) is 3.95. The van der Waals surface area contributed by atoms with Crippen molar-refractivity contribution in [3.05, 3.63) is 27.3 Å². The zero-order valence-corrected chi connectivity index (χ0v) is 7.55. The van der Waals surface area contributed by atoms with E-state index in [1.807, 2.05) is 22.6 Å². The highest BCUT2D eigenvalue weighted by molar-refractivity contribution is 14.1. The monoisotopic (exact) mass is 270 g/mol. The fraction of sp³-hybridized carbons (Fsp3) is 0.143. The minimum absolute atomic E-state index is 0.308. The van der Waals surface area contributed by atoms with Gasteiger partial charge in [-0.2, -0.15) is 0 Å². The maximum Gasteiger partial charge on any atom is 0.267 e. The van der Waals surface area contributed by atoms with Crippen molar-refractivity contribution < 1.29 is 13.9 Å². The largest absolute Gasteiger partial charge is 0.507 e. The van der Waals surface area contributed by atoms with Crippen molar-refractivity contribution in [3.8, 4) is 5.75 Å². The van der Waals surface area contributed by atoms with Crippen LogP contribution in [0.15, 0.2) is 18.2 Å². The van der Waals surface area contributed by atoms with Gasteiger partial charge in [0.2, 0.25) is 0 Å². The summed E-state index contributed by atoms with van der Waals surface area (Å²) < 4.78 is 24.8. The Morgan fingerprint density at radius 3 is 2.45 bits per heavy atom. The Hall–Kier alpha value is -0.390. The highest BCUT2D eigenvalue weighted by Crippen LogP contribution is 2.28. The van der Waals surface area contributed by atoms with E-state index in [0.29, 0.717) is 3.57 Å². The van der Waals surface area contributed by atoms with Crippen LogP contribution < -0.4 is 0 Å². The van der Waals surface area contributed by atoms with E-state index in [-0.39, 0.29) is 11.3 Å². The third-order valence-corrected chi connectivity index (χ3v) is 1.90. The first-order valence-electron chi connectivity index (χ1n) is 2.88.